The third-order valence-corrected chi connectivity index (χ3v) is 2.85. The lowest BCUT2D eigenvalue weighted by atomic mass is 9.98. The lowest BCUT2D eigenvalue weighted by Gasteiger charge is -2.34. The Balaban J connectivity index is 2.26. The summed E-state index contributed by atoms with van der Waals surface area (Å²) in [5.74, 6) is 0. The maximum atomic E-state index is 8.74. The SMILES string of the molecule is CCN1CCCCC1CCCO. The molecule has 2 heteroatoms. The highest BCUT2D eigenvalue weighted by Gasteiger charge is 2.19. The molecule has 0 amide bonds. The van der Waals surface area contributed by atoms with Gasteiger partial charge in [-0.1, -0.05) is 13.3 Å². The van der Waals surface area contributed by atoms with Gasteiger partial charge in [0, 0.05) is 12.6 Å². The van der Waals surface area contributed by atoms with E-state index in [0.717, 1.165) is 12.5 Å². The molecule has 1 saturated heterocycles. The smallest absolute Gasteiger partial charge is 0.0431 e. The van der Waals surface area contributed by atoms with Gasteiger partial charge < -0.3 is 10.0 Å². The Morgan fingerprint density at radius 1 is 1.42 bits per heavy atom. The number of aliphatic hydroxyl groups is 1. The van der Waals surface area contributed by atoms with Crippen LogP contribution < -0.4 is 0 Å². The van der Waals surface area contributed by atoms with Crippen molar-refractivity contribution in [3.63, 3.8) is 0 Å². The maximum Gasteiger partial charge on any atom is 0.0431 e. The Morgan fingerprint density at radius 2 is 2.25 bits per heavy atom. The first-order valence-electron chi connectivity index (χ1n) is 5.23. The summed E-state index contributed by atoms with van der Waals surface area (Å²) < 4.78 is 0. The van der Waals surface area contributed by atoms with E-state index in [0.29, 0.717) is 6.61 Å². The second-order valence-corrected chi connectivity index (χ2v) is 3.64. The van der Waals surface area contributed by atoms with E-state index in [-0.39, 0.29) is 0 Å². The summed E-state index contributed by atoms with van der Waals surface area (Å²) in [6.07, 6.45) is 6.25. The topological polar surface area (TPSA) is 23.5 Å². The summed E-state index contributed by atoms with van der Waals surface area (Å²) in [4.78, 5) is 2.55. The predicted octanol–water partition coefficient (Wildman–Crippen LogP) is 1.63. The van der Waals surface area contributed by atoms with Crippen molar-refractivity contribution in [2.75, 3.05) is 19.7 Å². The molecule has 1 aliphatic rings. The molecular weight excluding hydrogens is 150 g/mol. The number of hydrogen-bond donors (Lipinski definition) is 1. The second kappa shape index (κ2) is 5.55. The quantitative estimate of drug-likeness (QED) is 0.695. The van der Waals surface area contributed by atoms with E-state index in [2.05, 4.69) is 11.8 Å². The molecule has 12 heavy (non-hydrogen) atoms. The molecule has 1 N–H and O–H groups in total. The molecule has 1 unspecified atom stereocenters. The molecule has 0 saturated carbocycles. The van der Waals surface area contributed by atoms with Crippen LogP contribution in [0.5, 0.6) is 0 Å². The molecule has 0 bridgehead atoms. The van der Waals surface area contributed by atoms with Gasteiger partial charge in [-0.3, -0.25) is 0 Å². The summed E-state index contributed by atoms with van der Waals surface area (Å²) in [7, 11) is 0. The number of hydrogen-bond acceptors (Lipinski definition) is 2. The van der Waals surface area contributed by atoms with Crippen LogP contribution in [0.2, 0.25) is 0 Å². The number of likely N-dealkylation sites (tertiary alicyclic amines) is 1. The molecule has 0 spiro atoms. The minimum absolute atomic E-state index is 0.355. The number of rotatable bonds is 4. The van der Waals surface area contributed by atoms with Gasteiger partial charge in [0.1, 0.15) is 0 Å². The fraction of sp³-hybridized carbons (Fsp3) is 1.00. The molecular formula is C10H21NO. The Kier molecular flexibility index (Phi) is 4.62. The van der Waals surface area contributed by atoms with Crippen LogP contribution in [0, 0.1) is 0 Å². The highest BCUT2D eigenvalue weighted by atomic mass is 16.2. The summed E-state index contributed by atoms with van der Waals surface area (Å²) >= 11 is 0. The van der Waals surface area contributed by atoms with Gasteiger partial charge in [-0.2, -0.15) is 0 Å². The van der Waals surface area contributed by atoms with Gasteiger partial charge in [0.05, 0.1) is 0 Å². The van der Waals surface area contributed by atoms with E-state index in [1.807, 2.05) is 0 Å². The first-order valence-corrected chi connectivity index (χ1v) is 5.23. The molecule has 1 atom stereocenters. The fourth-order valence-corrected chi connectivity index (χ4v) is 2.13. The molecule has 1 rings (SSSR count). The van der Waals surface area contributed by atoms with E-state index in [4.69, 9.17) is 5.11 Å². The van der Waals surface area contributed by atoms with E-state index >= 15 is 0 Å². The van der Waals surface area contributed by atoms with Gasteiger partial charge >= 0.3 is 0 Å². The van der Waals surface area contributed by atoms with Crippen molar-refractivity contribution < 1.29 is 5.11 Å². The molecule has 1 heterocycles. The molecule has 0 aromatic carbocycles. The predicted molar refractivity (Wildman–Crippen MR) is 51.2 cm³/mol. The molecule has 2 nitrogen and oxygen atoms in total. The van der Waals surface area contributed by atoms with Crippen LogP contribution in [0.1, 0.15) is 39.0 Å². The van der Waals surface area contributed by atoms with Crippen molar-refractivity contribution in [3.05, 3.63) is 0 Å². The summed E-state index contributed by atoms with van der Waals surface area (Å²) in [5.41, 5.74) is 0. The molecule has 72 valence electrons. The molecule has 0 aliphatic carbocycles. The molecule has 1 fully saturated rings. The van der Waals surface area contributed by atoms with Gasteiger partial charge in [-0.25, -0.2) is 0 Å². The highest BCUT2D eigenvalue weighted by molar-refractivity contribution is 4.75. The Bertz CT molecular complexity index is 116. The van der Waals surface area contributed by atoms with Gasteiger partial charge in [0.15, 0.2) is 0 Å². The first kappa shape index (κ1) is 10.0. The number of nitrogens with zero attached hydrogens (tertiary/aromatic N) is 1. The van der Waals surface area contributed by atoms with Gasteiger partial charge in [-0.15, -0.1) is 0 Å². The lowest BCUT2D eigenvalue weighted by Crippen LogP contribution is -2.39. The van der Waals surface area contributed by atoms with Gasteiger partial charge in [0.25, 0.3) is 0 Å². The van der Waals surface area contributed by atoms with Crippen molar-refractivity contribution in [2.45, 2.75) is 45.1 Å². The van der Waals surface area contributed by atoms with E-state index in [9.17, 15) is 0 Å². The highest BCUT2D eigenvalue weighted by Crippen LogP contribution is 2.19. The summed E-state index contributed by atoms with van der Waals surface area (Å²) in [5, 5.41) is 8.74. The Labute approximate surface area is 75.6 Å². The molecule has 0 aromatic heterocycles. The Morgan fingerprint density at radius 3 is 2.92 bits per heavy atom. The summed E-state index contributed by atoms with van der Waals surface area (Å²) in [6.45, 7) is 5.04. The van der Waals surface area contributed by atoms with Crippen LogP contribution >= 0.6 is 0 Å². The van der Waals surface area contributed by atoms with Crippen molar-refractivity contribution in [1.29, 1.82) is 0 Å². The number of aliphatic hydroxyl groups excluding tert-OH is 1. The third-order valence-electron chi connectivity index (χ3n) is 2.85. The van der Waals surface area contributed by atoms with E-state index in [1.54, 1.807) is 0 Å². The van der Waals surface area contributed by atoms with Crippen LogP contribution in [0.3, 0.4) is 0 Å². The average molecular weight is 171 g/mol. The van der Waals surface area contributed by atoms with Crippen LogP contribution in [-0.2, 0) is 0 Å². The normalized spacial score (nSPS) is 26.0. The van der Waals surface area contributed by atoms with Crippen molar-refractivity contribution in [1.82, 2.24) is 4.90 Å². The van der Waals surface area contributed by atoms with E-state index in [1.165, 1.54) is 38.8 Å². The second-order valence-electron chi connectivity index (χ2n) is 3.64. The van der Waals surface area contributed by atoms with Crippen molar-refractivity contribution in [3.8, 4) is 0 Å². The standard InChI is InChI=1S/C10H21NO/c1-2-11-8-4-3-6-10(11)7-5-9-12/h10,12H,2-9H2,1H3. The molecule has 0 radical (unpaired) electrons. The largest absolute Gasteiger partial charge is 0.396 e. The molecule has 1 aliphatic heterocycles. The van der Waals surface area contributed by atoms with Crippen molar-refractivity contribution >= 4 is 0 Å². The Hall–Kier alpha value is -0.0800. The first-order chi connectivity index (χ1) is 5.88. The zero-order chi connectivity index (χ0) is 8.81. The number of piperidine rings is 1. The van der Waals surface area contributed by atoms with Crippen molar-refractivity contribution in [2.24, 2.45) is 0 Å². The fourth-order valence-electron chi connectivity index (χ4n) is 2.13. The summed E-state index contributed by atoms with van der Waals surface area (Å²) in [6, 6.07) is 0.760. The minimum Gasteiger partial charge on any atom is -0.396 e. The van der Waals surface area contributed by atoms with Gasteiger partial charge in [-0.05, 0) is 38.8 Å². The van der Waals surface area contributed by atoms with Crippen LogP contribution in [0.4, 0.5) is 0 Å². The van der Waals surface area contributed by atoms with Crippen LogP contribution in [-0.4, -0.2) is 35.7 Å². The molecule has 0 aromatic rings. The zero-order valence-electron chi connectivity index (χ0n) is 8.13. The lowest BCUT2D eigenvalue weighted by molar-refractivity contribution is 0.138. The van der Waals surface area contributed by atoms with E-state index < -0.39 is 0 Å². The maximum absolute atomic E-state index is 8.74. The van der Waals surface area contributed by atoms with Crippen LogP contribution in [0.25, 0.3) is 0 Å². The third kappa shape index (κ3) is 2.76. The monoisotopic (exact) mass is 171 g/mol. The minimum atomic E-state index is 0.355. The zero-order valence-corrected chi connectivity index (χ0v) is 8.13. The van der Waals surface area contributed by atoms with Crippen LogP contribution in [0.15, 0.2) is 0 Å². The van der Waals surface area contributed by atoms with Gasteiger partial charge in [0.2, 0.25) is 0 Å². The average Bonchev–Trinajstić information content (AvgIpc) is 2.15.